The molecule has 1 saturated carbocycles. The molecule has 0 bridgehead atoms. The van der Waals surface area contributed by atoms with Crippen LogP contribution in [0.3, 0.4) is 0 Å². The fraction of sp³-hybridized carbons (Fsp3) is 0.250. The molecule has 1 aliphatic rings. The van der Waals surface area contributed by atoms with Gasteiger partial charge in [0, 0.05) is 13.0 Å². The highest BCUT2D eigenvalue weighted by Gasteiger charge is 2.28. The van der Waals surface area contributed by atoms with Crippen molar-refractivity contribution in [3.63, 3.8) is 0 Å². The number of thiophene rings is 1. The van der Waals surface area contributed by atoms with E-state index in [4.69, 9.17) is 16.6 Å². The summed E-state index contributed by atoms with van der Waals surface area (Å²) in [6.07, 6.45) is 3.14. The van der Waals surface area contributed by atoms with Gasteiger partial charge in [0.2, 0.25) is 5.43 Å². The van der Waals surface area contributed by atoms with Crippen LogP contribution in [0, 0.1) is 0 Å². The summed E-state index contributed by atoms with van der Waals surface area (Å²) in [6, 6.07) is 11.1. The summed E-state index contributed by atoms with van der Waals surface area (Å²) in [5.41, 5.74) is 0.566. The Morgan fingerprint density at radius 1 is 1.19 bits per heavy atom. The standard InChI is InChI=1S/C20H16ClN3O2S/c1-23-18-15(16(25)13-10-14(21)27-20(13)23)19(26)24(12-8-3-2-4-9-12)17(22-18)11-6-5-7-11/h2-4,8-11H,5-7H2,1H3. The van der Waals surface area contributed by atoms with Crippen molar-refractivity contribution in [2.45, 2.75) is 25.2 Å². The van der Waals surface area contributed by atoms with Gasteiger partial charge < -0.3 is 4.57 Å². The quantitative estimate of drug-likeness (QED) is 0.509. The van der Waals surface area contributed by atoms with Gasteiger partial charge in [0.05, 0.1) is 15.4 Å². The highest BCUT2D eigenvalue weighted by molar-refractivity contribution is 7.22. The molecule has 0 atom stereocenters. The van der Waals surface area contributed by atoms with Crippen LogP contribution in [-0.4, -0.2) is 14.1 Å². The third kappa shape index (κ3) is 2.40. The maximum atomic E-state index is 13.5. The topological polar surface area (TPSA) is 56.9 Å². The van der Waals surface area contributed by atoms with Crippen LogP contribution >= 0.6 is 22.9 Å². The van der Waals surface area contributed by atoms with Gasteiger partial charge in [-0.15, -0.1) is 11.3 Å². The maximum absolute atomic E-state index is 13.5. The molecule has 5 rings (SSSR count). The Morgan fingerprint density at radius 2 is 1.93 bits per heavy atom. The zero-order chi connectivity index (χ0) is 18.7. The molecule has 1 fully saturated rings. The summed E-state index contributed by atoms with van der Waals surface area (Å²) in [7, 11) is 1.83. The number of rotatable bonds is 2. The van der Waals surface area contributed by atoms with Crippen molar-refractivity contribution in [3.8, 4) is 5.69 Å². The average Bonchev–Trinajstić information content (AvgIpc) is 3.01. The van der Waals surface area contributed by atoms with E-state index in [1.54, 1.807) is 10.6 Å². The van der Waals surface area contributed by atoms with Crippen LogP contribution in [-0.2, 0) is 7.05 Å². The van der Waals surface area contributed by atoms with E-state index in [0.29, 0.717) is 15.4 Å². The Kier molecular flexibility index (Phi) is 3.74. The molecule has 5 nitrogen and oxygen atoms in total. The zero-order valence-corrected chi connectivity index (χ0v) is 16.2. The Bertz CT molecular complexity index is 1320. The number of hydrogen-bond donors (Lipinski definition) is 0. The van der Waals surface area contributed by atoms with E-state index in [-0.39, 0.29) is 22.3 Å². The van der Waals surface area contributed by atoms with Crippen LogP contribution in [0.4, 0.5) is 0 Å². The predicted molar refractivity (Wildman–Crippen MR) is 110 cm³/mol. The molecule has 1 aromatic carbocycles. The average molecular weight is 398 g/mol. The van der Waals surface area contributed by atoms with Crippen molar-refractivity contribution in [1.29, 1.82) is 0 Å². The van der Waals surface area contributed by atoms with Crippen LogP contribution in [0.2, 0.25) is 4.34 Å². The Balaban J connectivity index is 1.98. The van der Waals surface area contributed by atoms with Gasteiger partial charge in [-0.3, -0.25) is 14.2 Å². The van der Waals surface area contributed by atoms with E-state index in [2.05, 4.69) is 0 Å². The fourth-order valence-electron chi connectivity index (χ4n) is 3.73. The number of pyridine rings is 1. The van der Waals surface area contributed by atoms with Crippen molar-refractivity contribution in [2.24, 2.45) is 7.05 Å². The molecule has 0 radical (unpaired) electrons. The molecule has 3 heterocycles. The molecule has 0 aliphatic heterocycles. The summed E-state index contributed by atoms with van der Waals surface area (Å²) in [6.45, 7) is 0. The SMILES string of the molecule is Cn1c2nc(C3CCC3)n(-c3ccccc3)c(=O)c2c(=O)c2cc(Cl)sc21. The van der Waals surface area contributed by atoms with E-state index in [1.165, 1.54) is 11.3 Å². The molecular weight excluding hydrogens is 382 g/mol. The maximum Gasteiger partial charge on any atom is 0.271 e. The number of aromatic nitrogens is 3. The van der Waals surface area contributed by atoms with Gasteiger partial charge in [-0.2, -0.15) is 0 Å². The number of hydrogen-bond acceptors (Lipinski definition) is 4. The molecule has 0 spiro atoms. The van der Waals surface area contributed by atoms with E-state index in [0.717, 1.165) is 35.6 Å². The van der Waals surface area contributed by atoms with Gasteiger partial charge in [0.15, 0.2) is 5.65 Å². The minimum absolute atomic E-state index is 0.117. The van der Waals surface area contributed by atoms with Gasteiger partial charge in [0.1, 0.15) is 16.0 Å². The van der Waals surface area contributed by atoms with Crippen LogP contribution < -0.4 is 11.0 Å². The van der Waals surface area contributed by atoms with Gasteiger partial charge in [-0.05, 0) is 31.0 Å². The number of para-hydroxylation sites is 1. The van der Waals surface area contributed by atoms with Crippen molar-refractivity contribution >= 4 is 44.2 Å². The second-order valence-electron chi connectivity index (χ2n) is 6.93. The predicted octanol–water partition coefficient (Wildman–Crippen LogP) is 4.22. The van der Waals surface area contributed by atoms with E-state index >= 15 is 0 Å². The summed E-state index contributed by atoms with van der Waals surface area (Å²) in [5, 5.41) is 0.585. The lowest BCUT2D eigenvalue weighted by Crippen LogP contribution is -2.31. The third-order valence-electron chi connectivity index (χ3n) is 5.35. The van der Waals surface area contributed by atoms with Crippen molar-refractivity contribution < 1.29 is 0 Å². The number of fused-ring (bicyclic) bond motifs is 2. The highest BCUT2D eigenvalue weighted by Crippen LogP contribution is 2.36. The first-order chi connectivity index (χ1) is 13.1. The lowest BCUT2D eigenvalue weighted by atomic mass is 9.84. The highest BCUT2D eigenvalue weighted by atomic mass is 35.5. The number of aryl methyl sites for hydroxylation is 1. The molecule has 1 aliphatic carbocycles. The Morgan fingerprint density at radius 3 is 2.59 bits per heavy atom. The van der Waals surface area contributed by atoms with Crippen molar-refractivity contribution in [2.75, 3.05) is 0 Å². The second-order valence-corrected chi connectivity index (χ2v) is 8.59. The van der Waals surface area contributed by atoms with E-state index in [1.807, 2.05) is 41.9 Å². The normalized spacial score (nSPS) is 14.7. The molecule has 27 heavy (non-hydrogen) atoms. The Hall–Kier alpha value is -2.44. The summed E-state index contributed by atoms with van der Waals surface area (Å²) < 4.78 is 3.96. The smallest absolute Gasteiger partial charge is 0.271 e. The number of benzene rings is 1. The lowest BCUT2D eigenvalue weighted by Gasteiger charge is -2.27. The van der Waals surface area contributed by atoms with Crippen LogP contribution in [0.15, 0.2) is 46.0 Å². The Labute approximate surface area is 163 Å². The summed E-state index contributed by atoms with van der Waals surface area (Å²) in [5.74, 6) is 0.974. The molecule has 4 aromatic rings. The molecule has 0 N–H and O–H groups in total. The second kappa shape index (κ2) is 6.04. The fourth-order valence-corrected chi connectivity index (χ4v) is 4.90. The van der Waals surface area contributed by atoms with Crippen LogP contribution in [0.5, 0.6) is 0 Å². The van der Waals surface area contributed by atoms with Crippen molar-refractivity contribution in [3.05, 3.63) is 67.1 Å². The number of nitrogens with zero attached hydrogens (tertiary/aromatic N) is 3. The monoisotopic (exact) mass is 397 g/mol. The van der Waals surface area contributed by atoms with E-state index in [9.17, 15) is 9.59 Å². The lowest BCUT2D eigenvalue weighted by molar-refractivity contribution is 0.394. The van der Waals surface area contributed by atoms with Crippen LogP contribution in [0.1, 0.15) is 31.0 Å². The van der Waals surface area contributed by atoms with Gasteiger partial charge >= 0.3 is 0 Å². The molecular formula is C20H16ClN3O2S. The van der Waals surface area contributed by atoms with Crippen molar-refractivity contribution in [1.82, 2.24) is 14.1 Å². The minimum atomic E-state index is -0.307. The summed E-state index contributed by atoms with van der Waals surface area (Å²) in [4.78, 5) is 32.2. The summed E-state index contributed by atoms with van der Waals surface area (Å²) >= 11 is 7.47. The number of halogens is 1. The van der Waals surface area contributed by atoms with Crippen LogP contribution in [0.25, 0.3) is 26.9 Å². The van der Waals surface area contributed by atoms with Gasteiger partial charge in [-0.1, -0.05) is 36.2 Å². The first-order valence-corrected chi connectivity index (χ1v) is 10.1. The zero-order valence-electron chi connectivity index (χ0n) is 14.6. The largest absolute Gasteiger partial charge is 0.320 e. The molecule has 0 unspecified atom stereocenters. The first kappa shape index (κ1) is 16.7. The van der Waals surface area contributed by atoms with E-state index < -0.39 is 0 Å². The minimum Gasteiger partial charge on any atom is -0.320 e. The molecule has 3 aromatic heterocycles. The molecule has 136 valence electrons. The van der Waals surface area contributed by atoms with Gasteiger partial charge in [0.25, 0.3) is 5.56 Å². The molecule has 0 saturated heterocycles. The third-order valence-corrected chi connectivity index (χ3v) is 6.69. The molecule has 7 heteroatoms. The first-order valence-electron chi connectivity index (χ1n) is 8.86. The molecule has 0 amide bonds. The van der Waals surface area contributed by atoms with Gasteiger partial charge in [-0.25, -0.2) is 4.98 Å².